The van der Waals surface area contributed by atoms with Crippen LogP contribution in [0.4, 0.5) is 17.6 Å². The van der Waals surface area contributed by atoms with Gasteiger partial charge in [-0.2, -0.15) is 18.3 Å². The number of fused-ring (bicyclic) bond motifs is 1. The first-order valence-electron chi connectivity index (χ1n) is 10.6. The molecule has 0 radical (unpaired) electrons. The summed E-state index contributed by atoms with van der Waals surface area (Å²) in [5.74, 6) is -1.19. The van der Waals surface area contributed by atoms with Gasteiger partial charge in [-0.3, -0.25) is 9.78 Å². The number of carbonyl (C=O) groups excluding carboxylic acids is 1. The van der Waals surface area contributed by atoms with Crippen LogP contribution in [-0.4, -0.2) is 50.4 Å². The highest BCUT2D eigenvalue weighted by Crippen LogP contribution is 2.39. The third-order valence-electron chi connectivity index (χ3n) is 5.54. The van der Waals surface area contributed by atoms with Gasteiger partial charge in [0.25, 0.3) is 5.91 Å². The number of hydrogen-bond acceptors (Lipinski definition) is 6. The number of aliphatic hydroxyl groups is 1. The Morgan fingerprint density at radius 3 is 2.68 bits per heavy atom. The van der Waals surface area contributed by atoms with Crippen molar-refractivity contribution in [2.24, 2.45) is 0 Å². The Morgan fingerprint density at radius 1 is 1.29 bits per heavy atom. The SMILES string of the molecule is Cc1nn2cc(C3CC3)cnc2c1C(=O)NCCOC[C@@](C)(O)c1ncc(C(F)(F)F)cc1F. The lowest BCUT2D eigenvalue weighted by Gasteiger charge is -2.23. The van der Waals surface area contributed by atoms with Gasteiger partial charge in [0.1, 0.15) is 22.7 Å². The number of nitrogens with zero attached hydrogens (tertiary/aromatic N) is 4. The molecule has 1 saturated carbocycles. The van der Waals surface area contributed by atoms with Crippen LogP contribution in [0.5, 0.6) is 0 Å². The van der Waals surface area contributed by atoms with E-state index < -0.39 is 41.4 Å². The van der Waals surface area contributed by atoms with Gasteiger partial charge >= 0.3 is 6.18 Å². The highest BCUT2D eigenvalue weighted by atomic mass is 19.4. The molecule has 182 valence electrons. The number of carbonyl (C=O) groups is 1. The summed E-state index contributed by atoms with van der Waals surface area (Å²) < 4.78 is 59.0. The summed E-state index contributed by atoms with van der Waals surface area (Å²) in [5.41, 5.74) is -1.41. The standard InChI is InChI=1S/C22H23F4N5O3/c1-12-17(19-29-8-14(13-3-4-13)10-31(19)30-12)20(32)27-5-6-34-11-21(2,33)18-16(23)7-15(9-28-18)22(24,25)26/h7-10,13,33H,3-6,11H2,1-2H3,(H,27,32)/t21-/m1/s1. The molecule has 8 nitrogen and oxygen atoms in total. The number of pyridine rings is 1. The number of hydrogen-bond donors (Lipinski definition) is 2. The zero-order valence-corrected chi connectivity index (χ0v) is 18.5. The largest absolute Gasteiger partial charge is 0.417 e. The minimum atomic E-state index is -4.75. The van der Waals surface area contributed by atoms with E-state index in [0.29, 0.717) is 29.0 Å². The van der Waals surface area contributed by atoms with Crippen LogP contribution in [0.1, 0.15) is 58.6 Å². The van der Waals surface area contributed by atoms with Gasteiger partial charge in [-0.1, -0.05) is 0 Å². The van der Waals surface area contributed by atoms with Crippen LogP contribution in [0, 0.1) is 12.7 Å². The Morgan fingerprint density at radius 2 is 2.03 bits per heavy atom. The second-order valence-corrected chi connectivity index (χ2v) is 8.52. The Labute approximate surface area is 192 Å². The lowest BCUT2D eigenvalue weighted by atomic mass is 10.0. The van der Waals surface area contributed by atoms with Gasteiger partial charge in [-0.15, -0.1) is 0 Å². The van der Waals surface area contributed by atoms with Crippen LogP contribution in [0.3, 0.4) is 0 Å². The first-order chi connectivity index (χ1) is 16.0. The highest BCUT2D eigenvalue weighted by Gasteiger charge is 2.35. The van der Waals surface area contributed by atoms with Crippen molar-refractivity contribution in [1.29, 1.82) is 0 Å². The fourth-order valence-corrected chi connectivity index (χ4v) is 3.61. The third-order valence-corrected chi connectivity index (χ3v) is 5.54. The lowest BCUT2D eigenvalue weighted by Crippen LogP contribution is -2.33. The maximum atomic E-state index is 14.1. The van der Waals surface area contributed by atoms with Crippen LogP contribution in [-0.2, 0) is 16.5 Å². The highest BCUT2D eigenvalue weighted by molar-refractivity contribution is 6.00. The molecule has 3 aromatic heterocycles. The van der Waals surface area contributed by atoms with Crippen molar-refractivity contribution in [2.75, 3.05) is 19.8 Å². The van der Waals surface area contributed by atoms with E-state index in [1.54, 1.807) is 17.6 Å². The summed E-state index contributed by atoms with van der Waals surface area (Å²) in [6, 6.07) is 0.275. The smallest absolute Gasteiger partial charge is 0.381 e. The molecule has 3 heterocycles. The van der Waals surface area contributed by atoms with E-state index in [4.69, 9.17) is 4.74 Å². The normalized spacial score (nSPS) is 16.0. The molecule has 3 aromatic rings. The molecule has 34 heavy (non-hydrogen) atoms. The van der Waals surface area contributed by atoms with E-state index in [1.165, 1.54) is 6.92 Å². The Kier molecular flexibility index (Phi) is 6.30. The number of halogens is 4. The Balaban J connectivity index is 1.31. The minimum Gasteiger partial charge on any atom is -0.381 e. The molecular weight excluding hydrogens is 458 g/mol. The van der Waals surface area contributed by atoms with Gasteiger partial charge in [0.2, 0.25) is 0 Å². The number of nitrogens with one attached hydrogen (secondary N) is 1. The van der Waals surface area contributed by atoms with Crippen molar-refractivity contribution in [2.45, 2.75) is 44.4 Å². The molecule has 0 aromatic carbocycles. The summed E-state index contributed by atoms with van der Waals surface area (Å²) in [6.07, 6.45) is 1.58. The Hall–Kier alpha value is -3.12. The first-order valence-corrected chi connectivity index (χ1v) is 10.6. The summed E-state index contributed by atoms with van der Waals surface area (Å²) >= 11 is 0. The van der Waals surface area contributed by atoms with Crippen molar-refractivity contribution in [1.82, 2.24) is 24.9 Å². The number of aromatic nitrogens is 4. The predicted molar refractivity (Wildman–Crippen MR) is 112 cm³/mol. The zero-order valence-electron chi connectivity index (χ0n) is 18.5. The zero-order chi connectivity index (χ0) is 24.7. The van der Waals surface area contributed by atoms with Gasteiger partial charge in [-0.05, 0) is 44.2 Å². The van der Waals surface area contributed by atoms with E-state index in [-0.39, 0.29) is 19.2 Å². The van der Waals surface area contributed by atoms with Gasteiger partial charge in [0.05, 0.1) is 24.5 Å². The molecule has 0 saturated heterocycles. The number of rotatable bonds is 8. The quantitative estimate of drug-likeness (QED) is 0.379. The second-order valence-electron chi connectivity index (χ2n) is 8.52. The molecule has 0 aliphatic heterocycles. The van der Waals surface area contributed by atoms with Gasteiger partial charge < -0.3 is 15.2 Å². The van der Waals surface area contributed by atoms with Crippen molar-refractivity contribution in [3.63, 3.8) is 0 Å². The van der Waals surface area contributed by atoms with E-state index in [0.717, 1.165) is 18.4 Å². The minimum absolute atomic E-state index is 0.0400. The second kappa shape index (κ2) is 8.91. The van der Waals surface area contributed by atoms with Gasteiger partial charge in [0, 0.05) is 25.1 Å². The predicted octanol–water partition coefficient (Wildman–Crippen LogP) is 3.12. The maximum absolute atomic E-state index is 14.1. The molecule has 1 atom stereocenters. The molecule has 0 bridgehead atoms. The average Bonchev–Trinajstić information content (AvgIpc) is 3.54. The van der Waals surface area contributed by atoms with Crippen LogP contribution >= 0.6 is 0 Å². The van der Waals surface area contributed by atoms with Crippen molar-refractivity contribution >= 4 is 11.6 Å². The van der Waals surface area contributed by atoms with Crippen LogP contribution < -0.4 is 5.32 Å². The molecule has 1 aliphatic rings. The summed E-state index contributed by atoms with van der Waals surface area (Å²) in [6.45, 7) is 2.46. The van der Waals surface area contributed by atoms with Crippen LogP contribution in [0.25, 0.3) is 5.65 Å². The van der Waals surface area contributed by atoms with Crippen LogP contribution in [0.2, 0.25) is 0 Å². The molecule has 0 unspecified atom stereocenters. The van der Waals surface area contributed by atoms with E-state index in [1.807, 2.05) is 6.20 Å². The molecule has 1 aliphatic carbocycles. The molecular formula is C22H23F4N5O3. The number of ether oxygens (including phenoxy) is 1. The Bertz CT molecular complexity index is 1220. The van der Waals surface area contributed by atoms with Crippen molar-refractivity contribution < 1.29 is 32.2 Å². The number of alkyl halides is 3. The van der Waals surface area contributed by atoms with Crippen molar-refractivity contribution in [3.05, 3.63) is 58.6 Å². The third kappa shape index (κ3) is 5.02. The molecule has 4 rings (SSSR count). The molecule has 12 heteroatoms. The summed E-state index contributed by atoms with van der Waals surface area (Å²) in [5, 5.41) is 17.5. The maximum Gasteiger partial charge on any atom is 0.417 e. The monoisotopic (exact) mass is 481 g/mol. The first kappa shape index (κ1) is 24.0. The van der Waals surface area contributed by atoms with Crippen LogP contribution in [0.15, 0.2) is 24.7 Å². The number of amides is 1. The molecule has 1 amide bonds. The topological polar surface area (TPSA) is 102 Å². The average molecular weight is 481 g/mol. The van der Waals surface area contributed by atoms with Gasteiger partial charge in [0.15, 0.2) is 5.65 Å². The fraction of sp³-hybridized carbons (Fsp3) is 0.455. The van der Waals surface area contributed by atoms with Gasteiger partial charge in [-0.25, -0.2) is 13.9 Å². The van der Waals surface area contributed by atoms with E-state index in [2.05, 4.69) is 20.4 Å². The molecule has 0 spiro atoms. The number of aryl methyl sites for hydroxylation is 1. The summed E-state index contributed by atoms with van der Waals surface area (Å²) in [4.78, 5) is 20.5. The summed E-state index contributed by atoms with van der Waals surface area (Å²) in [7, 11) is 0. The van der Waals surface area contributed by atoms with E-state index >= 15 is 0 Å². The fourth-order valence-electron chi connectivity index (χ4n) is 3.61. The molecule has 2 N–H and O–H groups in total. The van der Waals surface area contributed by atoms with Crippen molar-refractivity contribution in [3.8, 4) is 0 Å². The molecule has 1 fully saturated rings. The van der Waals surface area contributed by atoms with E-state index in [9.17, 15) is 27.5 Å². The lowest BCUT2D eigenvalue weighted by molar-refractivity contribution is -0.138.